The van der Waals surface area contributed by atoms with Crippen LogP contribution in [0.4, 0.5) is 5.95 Å². The molecule has 2 fully saturated rings. The second-order valence-corrected chi connectivity index (χ2v) is 6.52. The van der Waals surface area contributed by atoms with Gasteiger partial charge in [-0.15, -0.1) is 0 Å². The van der Waals surface area contributed by atoms with E-state index < -0.39 is 0 Å². The number of fused-ring (bicyclic) bond motifs is 1. The number of aromatic nitrogens is 2. The minimum atomic E-state index is 0.668. The van der Waals surface area contributed by atoms with Crippen LogP contribution < -0.4 is 10.2 Å². The number of imidazole rings is 1. The monoisotopic (exact) mass is 262 g/mol. The molecule has 4 heteroatoms. The summed E-state index contributed by atoms with van der Waals surface area (Å²) in [5.41, 5.74) is 1.23. The Balaban J connectivity index is 1.81. The van der Waals surface area contributed by atoms with Crippen molar-refractivity contribution in [3.05, 3.63) is 11.9 Å². The van der Waals surface area contributed by atoms with Gasteiger partial charge in [0.2, 0.25) is 5.95 Å². The van der Waals surface area contributed by atoms with Crippen LogP contribution in [-0.4, -0.2) is 35.7 Å². The van der Waals surface area contributed by atoms with Gasteiger partial charge in [-0.05, 0) is 24.2 Å². The van der Waals surface area contributed by atoms with E-state index in [0.29, 0.717) is 5.92 Å². The maximum absolute atomic E-state index is 4.86. The molecule has 2 aliphatic heterocycles. The quantitative estimate of drug-likeness (QED) is 0.897. The van der Waals surface area contributed by atoms with Gasteiger partial charge in [-0.25, -0.2) is 4.98 Å². The first kappa shape index (κ1) is 13.0. The van der Waals surface area contributed by atoms with Crippen LogP contribution in [0.25, 0.3) is 0 Å². The Hall–Kier alpha value is -1.03. The first-order valence-electron chi connectivity index (χ1n) is 7.69. The smallest absolute Gasteiger partial charge is 0.205 e. The largest absolute Gasteiger partial charge is 0.342 e. The summed E-state index contributed by atoms with van der Waals surface area (Å²) in [6.45, 7) is 12.5. The molecule has 2 aliphatic rings. The van der Waals surface area contributed by atoms with Gasteiger partial charge in [-0.1, -0.05) is 20.8 Å². The van der Waals surface area contributed by atoms with Crippen molar-refractivity contribution in [3.63, 3.8) is 0 Å². The lowest BCUT2D eigenvalue weighted by atomic mass is 10.0. The number of hydrogen-bond acceptors (Lipinski definition) is 3. The highest BCUT2D eigenvalue weighted by Gasteiger charge is 2.37. The molecule has 3 heterocycles. The van der Waals surface area contributed by atoms with Gasteiger partial charge in [0.25, 0.3) is 0 Å². The van der Waals surface area contributed by atoms with Crippen molar-refractivity contribution in [2.75, 3.05) is 31.1 Å². The Morgan fingerprint density at radius 3 is 2.58 bits per heavy atom. The number of nitrogens with zero attached hydrogens (tertiary/aromatic N) is 3. The average molecular weight is 262 g/mol. The summed E-state index contributed by atoms with van der Waals surface area (Å²) in [6.07, 6.45) is 3.28. The van der Waals surface area contributed by atoms with Gasteiger partial charge in [0, 0.05) is 38.9 Å². The van der Waals surface area contributed by atoms with Gasteiger partial charge in [0.15, 0.2) is 0 Å². The van der Waals surface area contributed by atoms with Crippen molar-refractivity contribution in [1.29, 1.82) is 0 Å². The van der Waals surface area contributed by atoms with Crippen molar-refractivity contribution < 1.29 is 0 Å². The highest BCUT2D eigenvalue weighted by Crippen LogP contribution is 2.30. The highest BCUT2D eigenvalue weighted by molar-refractivity contribution is 5.36. The van der Waals surface area contributed by atoms with E-state index in [1.807, 2.05) is 0 Å². The van der Waals surface area contributed by atoms with E-state index in [-0.39, 0.29) is 0 Å². The average Bonchev–Trinajstić information content (AvgIpc) is 2.99. The number of aryl methyl sites for hydroxylation is 1. The van der Waals surface area contributed by atoms with E-state index in [2.05, 4.69) is 41.8 Å². The molecule has 1 aromatic rings. The predicted octanol–water partition coefficient (Wildman–Crippen LogP) is 1.76. The fourth-order valence-corrected chi connectivity index (χ4v) is 3.43. The molecule has 1 aromatic heterocycles. The maximum atomic E-state index is 4.86. The number of anilines is 1. The Morgan fingerprint density at radius 1 is 1.32 bits per heavy atom. The molecule has 2 atom stereocenters. The van der Waals surface area contributed by atoms with Gasteiger partial charge in [-0.3, -0.25) is 0 Å². The van der Waals surface area contributed by atoms with E-state index in [0.717, 1.165) is 24.8 Å². The van der Waals surface area contributed by atoms with Crippen molar-refractivity contribution in [2.45, 2.75) is 33.7 Å². The molecular weight excluding hydrogens is 236 g/mol. The number of nitrogens with one attached hydrogen (secondary N) is 1. The SMILES string of the molecule is CCc1cn(CC(C)C)c(N2C[C@H]3CNC[C@H]3C2)n1. The lowest BCUT2D eigenvalue weighted by molar-refractivity contribution is 0.519. The van der Waals surface area contributed by atoms with Crippen LogP contribution in [0.2, 0.25) is 0 Å². The molecule has 0 aromatic carbocycles. The maximum Gasteiger partial charge on any atom is 0.205 e. The summed E-state index contributed by atoms with van der Waals surface area (Å²) in [4.78, 5) is 7.37. The molecule has 3 rings (SSSR count). The summed E-state index contributed by atoms with van der Waals surface area (Å²) in [5.74, 6) is 3.53. The minimum absolute atomic E-state index is 0.668. The molecule has 0 saturated carbocycles. The first-order valence-corrected chi connectivity index (χ1v) is 7.69. The molecule has 0 spiro atoms. The normalized spacial score (nSPS) is 26.4. The molecule has 0 unspecified atom stereocenters. The summed E-state index contributed by atoms with van der Waals surface area (Å²) in [6, 6.07) is 0. The van der Waals surface area contributed by atoms with Crippen molar-refractivity contribution >= 4 is 5.95 Å². The minimum Gasteiger partial charge on any atom is -0.342 e. The first-order chi connectivity index (χ1) is 9.17. The lowest BCUT2D eigenvalue weighted by Gasteiger charge is -2.21. The molecular formula is C15H26N4. The zero-order valence-corrected chi connectivity index (χ0v) is 12.4. The lowest BCUT2D eigenvalue weighted by Crippen LogP contribution is -2.28. The van der Waals surface area contributed by atoms with Crippen molar-refractivity contribution in [3.8, 4) is 0 Å². The van der Waals surface area contributed by atoms with Gasteiger partial charge >= 0.3 is 0 Å². The van der Waals surface area contributed by atoms with E-state index in [9.17, 15) is 0 Å². The summed E-state index contributed by atoms with van der Waals surface area (Å²) < 4.78 is 2.37. The van der Waals surface area contributed by atoms with E-state index in [1.54, 1.807) is 0 Å². The molecule has 1 N–H and O–H groups in total. The number of hydrogen-bond donors (Lipinski definition) is 1. The molecule has 4 nitrogen and oxygen atoms in total. The van der Waals surface area contributed by atoms with E-state index in [4.69, 9.17) is 4.98 Å². The van der Waals surface area contributed by atoms with E-state index in [1.165, 1.54) is 37.8 Å². The zero-order chi connectivity index (χ0) is 13.4. The third-order valence-electron chi connectivity index (χ3n) is 4.40. The molecule has 19 heavy (non-hydrogen) atoms. The molecule has 0 amide bonds. The Morgan fingerprint density at radius 2 is 2.00 bits per heavy atom. The standard InChI is InChI=1S/C15H26N4/c1-4-14-10-18(7-11(2)3)15(17-14)19-8-12-5-16-6-13(12)9-19/h10-13,16H,4-9H2,1-3H3/t12-,13+. The summed E-state index contributed by atoms with van der Waals surface area (Å²) in [5, 5.41) is 3.51. The second kappa shape index (κ2) is 5.16. The van der Waals surface area contributed by atoms with Gasteiger partial charge < -0.3 is 14.8 Å². The Kier molecular flexibility index (Phi) is 3.52. The molecule has 0 radical (unpaired) electrons. The Labute approximate surface area is 116 Å². The molecule has 2 saturated heterocycles. The van der Waals surface area contributed by atoms with Gasteiger partial charge in [-0.2, -0.15) is 0 Å². The van der Waals surface area contributed by atoms with Crippen molar-refractivity contribution in [1.82, 2.24) is 14.9 Å². The molecule has 106 valence electrons. The van der Waals surface area contributed by atoms with Gasteiger partial charge in [0.05, 0.1) is 5.69 Å². The van der Waals surface area contributed by atoms with Crippen LogP contribution in [0.5, 0.6) is 0 Å². The molecule has 0 aliphatic carbocycles. The highest BCUT2D eigenvalue weighted by atomic mass is 15.3. The van der Waals surface area contributed by atoms with Crippen LogP contribution in [0.15, 0.2) is 6.20 Å². The van der Waals surface area contributed by atoms with Crippen LogP contribution in [0, 0.1) is 17.8 Å². The predicted molar refractivity (Wildman–Crippen MR) is 78.5 cm³/mol. The topological polar surface area (TPSA) is 33.1 Å². The summed E-state index contributed by atoms with van der Waals surface area (Å²) >= 11 is 0. The molecule has 0 bridgehead atoms. The number of rotatable bonds is 4. The zero-order valence-electron chi connectivity index (χ0n) is 12.4. The third kappa shape index (κ3) is 2.50. The van der Waals surface area contributed by atoms with Crippen LogP contribution in [0.1, 0.15) is 26.5 Å². The third-order valence-corrected chi connectivity index (χ3v) is 4.40. The van der Waals surface area contributed by atoms with Crippen LogP contribution >= 0.6 is 0 Å². The second-order valence-electron chi connectivity index (χ2n) is 6.52. The van der Waals surface area contributed by atoms with E-state index >= 15 is 0 Å². The van der Waals surface area contributed by atoms with Crippen LogP contribution in [0.3, 0.4) is 0 Å². The fourth-order valence-electron chi connectivity index (χ4n) is 3.43. The van der Waals surface area contributed by atoms with Gasteiger partial charge in [0.1, 0.15) is 0 Å². The fraction of sp³-hybridized carbons (Fsp3) is 0.800. The summed E-state index contributed by atoms with van der Waals surface area (Å²) in [7, 11) is 0. The van der Waals surface area contributed by atoms with Crippen LogP contribution in [-0.2, 0) is 13.0 Å². The van der Waals surface area contributed by atoms with Crippen molar-refractivity contribution in [2.24, 2.45) is 17.8 Å². The Bertz CT molecular complexity index is 425.